The average molecular weight is 454 g/mol. The number of sulfonamides is 1. The van der Waals surface area contributed by atoms with Crippen molar-refractivity contribution in [3.63, 3.8) is 0 Å². The summed E-state index contributed by atoms with van der Waals surface area (Å²) >= 11 is 5.90. The fourth-order valence-corrected chi connectivity index (χ4v) is 4.79. The maximum Gasteiger partial charge on any atom is 0.317 e. The first-order chi connectivity index (χ1) is 14.9. The third kappa shape index (κ3) is 4.69. The third-order valence-corrected chi connectivity index (χ3v) is 7.06. The number of benzene rings is 3. The monoisotopic (exact) mass is 453 g/mol. The standard InChI is InChI=1S/C23H20ClN3O3S/c1-27(31(28,29)20-12-11-17-7-5-6-10-19(17)15-20)21(18-8-3-2-4-9-18)16-30-23-25-14-13-22(24)26-23/h2-15,21H,16H2,1H3. The number of halogens is 1. The predicted molar refractivity (Wildman–Crippen MR) is 121 cm³/mol. The van der Waals surface area contributed by atoms with E-state index in [1.54, 1.807) is 25.2 Å². The lowest BCUT2D eigenvalue weighted by Crippen LogP contribution is -2.34. The molecular formula is C23H20ClN3O3S. The highest BCUT2D eigenvalue weighted by Crippen LogP contribution is 2.28. The number of fused-ring (bicyclic) bond motifs is 1. The van der Waals surface area contributed by atoms with Crippen LogP contribution in [-0.2, 0) is 10.0 Å². The highest BCUT2D eigenvalue weighted by atomic mass is 35.5. The van der Waals surface area contributed by atoms with Crippen LogP contribution in [0.2, 0.25) is 5.15 Å². The second-order valence-corrected chi connectivity index (χ2v) is 9.31. The van der Waals surface area contributed by atoms with E-state index in [9.17, 15) is 8.42 Å². The third-order valence-electron chi connectivity index (χ3n) is 4.99. The molecule has 0 spiro atoms. The summed E-state index contributed by atoms with van der Waals surface area (Å²) in [5, 5.41) is 2.08. The molecule has 4 aromatic rings. The van der Waals surface area contributed by atoms with Crippen molar-refractivity contribution in [2.45, 2.75) is 10.9 Å². The molecule has 0 saturated carbocycles. The Morgan fingerprint density at radius 2 is 1.68 bits per heavy atom. The minimum atomic E-state index is -3.80. The lowest BCUT2D eigenvalue weighted by molar-refractivity contribution is 0.209. The highest BCUT2D eigenvalue weighted by Gasteiger charge is 2.30. The Hall–Kier alpha value is -3.00. The van der Waals surface area contributed by atoms with E-state index in [1.807, 2.05) is 60.7 Å². The van der Waals surface area contributed by atoms with Gasteiger partial charge < -0.3 is 4.74 Å². The molecule has 0 N–H and O–H groups in total. The van der Waals surface area contributed by atoms with Crippen molar-refractivity contribution in [1.82, 2.24) is 14.3 Å². The average Bonchev–Trinajstić information content (AvgIpc) is 2.79. The summed E-state index contributed by atoms with van der Waals surface area (Å²) in [6.07, 6.45) is 1.48. The van der Waals surface area contributed by atoms with Gasteiger partial charge in [0.05, 0.1) is 10.9 Å². The summed E-state index contributed by atoms with van der Waals surface area (Å²) in [6, 6.07) is 23.1. The van der Waals surface area contributed by atoms with Gasteiger partial charge in [-0.3, -0.25) is 0 Å². The molecule has 1 aromatic heterocycles. The fraction of sp³-hybridized carbons (Fsp3) is 0.130. The summed E-state index contributed by atoms with van der Waals surface area (Å²) in [6.45, 7) is 0.0215. The molecule has 1 unspecified atom stereocenters. The van der Waals surface area contributed by atoms with Gasteiger partial charge in [-0.1, -0.05) is 72.3 Å². The van der Waals surface area contributed by atoms with E-state index in [1.165, 1.54) is 10.5 Å². The number of aromatic nitrogens is 2. The van der Waals surface area contributed by atoms with Gasteiger partial charge in [-0.05, 0) is 34.5 Å². The van der Waals surface area contributed by atoms with Gasteiger partial charge in [0.1, 0.15) is 11.8 Å². The van der Waals surface area contributed by atoms with Gasteiger partial charge in [0, 0.05) is 13.2 Å². The molecule has 6 nitrogen and oxygen atoms in total. The van der Waals surface area contributed by atoms with E-state index < -0.39 is 16.1 Å². The molecule has 0 saturated heterocycles. The normalized spacial score (nSPS) is 12.7. The number of nitrogens with zero attached hydrogens (tertiary/aromatic N) is 3. The molecule has 1 atom stereocenters. The Morgan fingerprint density at radius 1 is 0.968 bits per heavy atom. The highest BCUT2D eigenvalue weighted by molar-refractivity contribution is 7.89. The summed E-state index contributed by atoms with van der Waals surface area (Å²) in [4.78, 5) is 8.27. The Kier molecular flexibility index (Phi) is 6.18. The molecule has 3 aromatic carbocycles. The van der Waals surface area contributed by atoms with Crippen LogP contribution in [0.3, 0.4) is 0 Å². The smallest absolute Gasteiger partial charge is 0.317 e. The van der Waals surface area contributed by atoms with Gasteiger partial charge in [-0.2, -0.15) is 9.29 Å². The van der Waals surface area contributed by atoms with Crippen molar-refractivity contribution in [2.75, 3.05) is 13.7 Å². The van der Waals surface area contributed by atoms with Gasteiger partial charge >= 0.3 is 6.01 Å². The van der Waals surface area contributed by atoms with Crippen LogP contribution in [0.4, 0.5) is 0 Å². The van der Waals surface area contributed by atoms with Crippen LogP contribution in [0.1, 0.15) is 11.6 Å². The van der Waals surface area contributed by atoms with Crippen molar-refractivity contribution in [2.24, 2.45) is 0 Å². The molecule has 0 aliphatic carbocycles. The van der Waals surface area contributed by atoms with Crippen LogP contribution in [0.15, 0.2) is 90.0 Å². The summed E-state index contributed by atoms with van der Waals surface area (Å²) < 4.78 is 34.0. The van der Waals surface area contributed by atoms with Gasteiger partial charge in [0.2, 0.25) is 10.0 Å². The Morgan fingerprint density at radius 3 is 2.42 bits per heavy atom. The molecule has 4 rings (SSSR count). The zero-order valence-electron chi connectivity index (χ0n) is 16.7. The molecule has 0 fully saturated rings. The molecule has 158 valence electrons. The molecule has 31 heavy (non-hydrogen) atoms. The van der Waals surface area contributed by atoms with Crippen LogP contribution in [0.5, 0.6) is 6.01 Å². The molecule has 0 amide bonds. The molecule has 0 aliphatic rings. The van der Waals surface area contributed by atoms with E-state index in [4.69, 9.17) is 16.3 Å². The van der Waals surface area contributed by atoms with Crippen molar-refractivity contribution in [3.8, 4) is 6.01 Å². The minimum Gasteiger partial charge on any atom is -0.461 e. The second kappa shape index (κ2) is 9.01. The fourth-order valence-electron chi connectivity index (χ4n) is 3.29. The molecular weight excluding hydrogens is 434 g/mol. The predicted octanol–water partition coefficient (Wildman–Crippen LogP) is 4.72. The van der Waals surface area contributed by atoms with Crippen LogP contribution < -0.4 is 4.74 Å². The maximum absolute atomic E-state index is 13.5. The lowest BCUT2D eigenvalue weighted by Gasteiger charge is -2.27. The van der Waals surface area contributed by atoms with Crippen LogP contribution >= 0.6 is 11.6 Å². The van der Waals surface area contributed by atoms with Crippen LogP contribution in [0.25, 0.3) is 10.8 Å². The maximum atomic E-state index is 13.5. The molecule has 0 radical (unpaired) electrons. The largest absolute Gasteiger partial charge is 0.461 e. The number of rotatable bonds is 7. The summed E-state index contributed by atoms with van der Waals surface area (Å²) in [7, 11) is -2.26. The Labute approximate surface area is 186 Å². The summed E-state index contributed by atoms with van der Waals surface area (Å²) in [5.74, 6) is 0. The minimum absolute atomic E-state index is 0.0215. The van der Waals surface area contributed by atoms with Gasteiger partial charge in [-0.25, -0.2) is 13.4 Å². The van der Waals surface area contributed by atoms with Crippen molar-refractivity contribution >= 4 is 32.4 Å². The van der Waals surface area contributed by atoms with Gasteiger partial charge in [0.15, 0.2) is 0 Å². The van der Waals surface area contributed by atoms with Crippen LogP contribution in [-0.4, -0.2) is 36.3 Å². The number of ether oxygens (including phenoxy) is 1. The second-order valence-electron chi connectivity index (χ2n) is 6.93. The first-order valence-corrected chi connectivity index (χ1v) is 11.4. The number of likely N-dealkylation sites (N-methyl/N-ethyl adjacent to an activating group) is 1. The lowest BCUT2D eigenvalue weighted by atomic mass is 10.1. The van der Waals surface area contributed by atoms with Crippen molar-refractivity contribution in [1.29, 1.82) is 0 Å². The number of hydrogen-bond acceptors (Lipinski definition) is 5. The SMILES string of the molecule is CN(C(COc1nccc(Cl)n1)c1ccccc1)S(=O)(=O)c1ccc2ccccc2c1. The molecule has 0 aliphatic heterocycles. The first kappa shape index (κ1) is 21.2. The molecule has 1 heterocycles. The number of hydrogen-bond donors (Lipinski definition) is 0. The Balaban J connectivity index is 1.67. The van der Waals surface area contributed by atoms with Crippen molar-refractivity contribution in [3.05, 3.63) is 95.8 Å². The van der Waals surface area contributed by atoms with E-state index >= 15 is 0 Å². The molecule has 0 bridgehead atoms. The van der Waals surface area contributed by atoms with Gasteiger partial charge in [-0.15, -0.1) is 0 Å². The first-order valence-electron chi connectivity index (χ1n) is 9.58. The topological polar surface area (TPSA) is 72.4 Å². The van der Waals surface area contributed by atoms with Gasteiger partial charge in [0.25, 0.3) is 0 Å². The molecule has 8 heteroatoms. The quantitative estimate of drug-likeness (QED) is 0.378. The van der Waals surface area contributed by atoms with E-state index in [2.05, 4.69) is 9.97 Å². The zero-order chi connectivity index (χ0) is 21.8. The van der Waals surface area contributed by atoms with Crippen LogP contribution in [0, 0.1) is 0 Å². The van der Waals surface area contributed by atoms with Crippen molar-refractivity contribution < 1.29 is 13.2 Å². The zero-order valence-corrected chi connectivity index (χ0v) is 18.3. The van der Waals surface area contributed by atoms with E-state index in [0.29, 0.717) is 0 Å². The summed E-state index contributed by atoms with van der Waals surface area (Å²) in [5.41, 5.74) is 0.788. The Bertz CT molecular complexity index is 1300. The van der Waals surface area contributed by atoms with E-state index in [0.717, 1.165) is 16.3 Å². The van der Waals surface area contributed by atoms with E-state index in [-0.39, 0.29) is 22.7 Å².